The number of nitrogens with zero attached hydrogens (tertiary/aromatic N) is 1. The van der Waals surface area contributed by atoms with Crippen molar-refractivity contribution in [3.8, 4) is 0 Å². The van der Waals surface area contributed by atoms with Crippen LogP contribution in [0.2, 0.25) is 0 Å². The molecule has 2 atom stereocenters. The van der Waals surface area contributed by atoms with Crippen LogP contribution in [0.25, 0.3) is 0 Å². The van der Waals surface area contributed by atoms with Gasteiger partial charge in [-0.1, -0.05) is 62.4 Å². The van der Waals surface area contributed by atoms with Crippen LogP contribution in [0.15, 0.2) is 48.5 Å². The van der Waals surface area contributed by atoms with E-state index in [-0.39, 0.29) is 18.5 Å². The van der Waals surface area contributed by atoms with Gasteiger partial charge in [0.2, 0.25) is 5.91 Å². The van der Waals surface area contributed by atoms with Crippen LogP contribution < -0.4 is 10.6 Å². The Morgan fingerprint density at radius 2 is 1.81 bits per heavy atom. The molecule has 0 radical (unpaired) electrons. The molecule has 4 amide bonds. The molecule has 2 aromatic carbocycles. The van der Waals surface area contributed by atoms with Crippen LogP contribution in [-0.4, -0.2) is 29.3 Å². The van der Waals surface area contributed by atoms with Crippen molar-refractivity contribution in [1.82, 2.24) is 15.5 Å². The molecule has 1 heterocycles. The standard InChI is InChI=1S/C26H31N3O3/c1-17(2)14-22(19-8-5-4-6-9-19)27-23(30)16-29-24(31)26(3,28-25(29)32)21-13-12-18-10-7-11-20(18)15-21/h4-6,8-9,12-13,15,17,22H,7,10-11,14,16H2,1-3H3,(H,27,30)(H,28,32)/t22-,26-/m1/s1. The lowest BCUT2D eigenvalue weighted by Gasteiger charge is -2.24. The minimum atomic E-state index is -1.16. The van der Waals surface area contributed by atoms with Crippen molar-refractivity contribution in [1.29, 1.82) is 0 Å². The maximum atomic E-state index is 13.3. The lowest BCUT2D eigenvalue weighted by Crippen LogP contribution is -2.44. The highest BCUT2D eigenvalue weighted by atomic mass is 16.2. The lowest BCUT2D eigenvalue weighted by molar-refractivity contribution is -0.135. The molecule has 1 fully saturated rings. The Morgan fingerprint density at radius 3 is 2.53 bits per heavy atom. The highest BCUT2D eigenvalue weighted by molar-refractivity contribution is 6.09. The number of carbonyl (C=O) groups is 3. The molecule has 0 aromatic heterocycles. The number of hydrogen-bond donors (Lipinski definition) is 2. The summed E-state index contributed by atoms with van der Waals surface area (Å²) in [6, 6.07) is 15.1. The van der Waals surface area contributed by atoms with Gasteiger partial charge in [0.1, 0.15) is 12.1 Å². The maximum absolute atomic E-state index is 13.3. The molecule has 4 rings (SSSR count). The molecule has 1 aliphatic heterocycles. The molecule has 1 saturated heterocycles. The van der Waals surface area contributed by atoms with Gasteiger partial charge in [-0.05, 0) is 60.8 Å². The van der Waals surface area contributed by atoms with E-state index in [1.807, 2.05) is 48.5 Å². The first-order valence-corrected chi connectivity index (χ1v) is 11.4. The van der Waals surface area contributed by atoms with Crippen molar-refractivity contribution in [2.75, 3.05) is 6.54 Å². The van der Waals surface area contributed by atoms with E-state index < -0.39 is 17.5 Å². The summed E-state index contributed by atoms with van der Waals surface area (Å²) in [4.78, 5) is 39.9. The van der Waals surface area contributed by atoms with Gasteiger partial charge in [0.05, 0.1) is 6.04 Å². The fourth-order valence-corrected chi connectivity index (χ4v) is 4.74. The normalized spacial score (nSPS) is 20.9. The van der Waals surface area contributed by atoms with E-state index in [4.69, 9.17) is 0 Å². The van der Waals surface area contributed by atoms with Crippen molar-refractivity contribution in [2.45, 2.75) is 58.0 Å². The number of carbonyl (C=O) groups excluding carboxylic acids is 3. The zero-order valence-electron chi connectivity index (χ0n) is 19.0. The summed E-state index contributed by atoms with van der Waals surface area (Å²) in [5.74, 6) is -0.364. The molecular weight excluding hydrogens is 402 g/mol. The monoisotopic (exact) mass is 433 g/mol. The third-order valence-corrected chi connectivity index (χ3v) is 6.50. The van der Waals surface area contributed by atoms with Gasteiger partial charge in [0, 0.05) is 0 Å². The van der Waals surface area contributed by atoms with Crippen molar-refractivity contribution < 1.29 is 14.4 Å². The van der Waals surface area contributed by atoms with Gasteiger partial charge in [0.15, 0.2) is 0 Å². The number of urea groups is 1. The average Bonchev–Trinajstić information content (AvgIpc) is 3.32. The summed E-state index contributed by atoms with van der Waals surface area (Å²) in [6.45, 7) is 5.61. The summed E-state index contributed by atoms with van der Waals surface area (Å²) in [5.41, 5.74) is 3.16. The quantitative estimate of drug-likeness (QED) is 0.651. The second-order valence-corrected chi connectivity index (χ2v) is 9.44. The molecule has 0 saturated carbocycles. The predicted molar refractivity (Wildman–Crippen MR) is 123 cm³/mol. The number of hydrogen-bond acceptors (Lipinski definition) is 3. The smallest absolute Gasteiger partial charge is 0.325 e. The molecule has 168 valence electrons. The zero-order valence-corrected chi connectivity index (χ0v) is 19.0. The van der Waals surface area contributed by atoms with Gasteiger partial charge < -0.3 is 10.6 Å². The number of rotatable bonds is 7. The Labute approximate surface area is 189 Å². The van der Waals surface area contributed by atoms with Crippen molar-refractivity contribution in [2.24, 2.45) is 5.92 Å². The van der Waals surface area contributed by atoms with Crippen LogP contribution in [0.1, 0.15) is 61.9 Å². The van der Waals surface area contributed by atoms with E-state index in [2.05, 4.69) is 24.5 Å². The molecule has 0 spiro atoms. The molecule has 2 aromatic rings. The molecule has 1 aliphatic carbocycles. The van der Waals surface area contributed by atoms with Crippen LogP contribution in [-0.2, 0) is 28.0 Å². The van der Waals surface area contributed by atoms with Crippen molar-refractivity contribution in [3.63, 3.8) is 0 Å². The van der Waals surface area contributed by atoms with Crippen LogP contribution in [0.3, 0.4) is 0 Å². The largest absolute Gasteiger partial charge is 0.348 e. The number of imide groups is 1. The summed E-state index contributed by atoms with van der Waals surface area (Å²) >= 11 is 0. The maximum Gasteiger partial charge on any atom is 0.325 e. The molecule has 6 nitrogen and oxygen atoms in total. The van der Waals surface area contributed by atoms with Gasteiger partial charge >= 0.3 is 6.03 Å². The Balaban J connectivity index is 1.48. The Hall–Kier alpha value is -3.15. The van der Waals surface area contributed by atoms with Gasteiger partial charge in [-0.3, -0.25) is 14.5 Å². The van der Waals surface area contributed by atoms with Crippen LogP contribution in [0.4, 0.5) is 4.79 Å². The van der Waals surface area contributed by atoms with E-state index >= 15 is 0 Å². The first-order valence-electron chi connectivity index (χ1n) is 11.4. The summed E-state index contributed by atoms with van der Waals surface area (Å²) in [6.07, 6.45) is 3.92. The number of fused-ring (bicyclic) bond motifs is 1. The second kappa shape index (κ2) is 8.77. The summed E-state index contributed by atoms with van der Waals surface area (Å²) < 4.78 is 0. The molecule has 2 aliphatic rings. The molecular formula is C26H31N3O3. The SMILES string of the molecule is CC(C)C[C@@H](NC(=O)CN1C(=O)N[C@](C)(c2ccc3c(c2)CCC3)C1=O)c1ccccc1. The van der Waals surface area contributed by atoms with Crippen LogP contribution in [0.5, 0.6) is 0 Å². The number of amides is 4. The minimum Gasteiger partial charge on any atom is -0.348 e. The van der Waals surface area contributed by atoms with E-state index in [0.717, 1.165) is 41.7 Å². The average molecular weight is 434 g/mol. The predicted octanol–water partition coefficient (Wildman–Crippen LogP) is 3.85. The molecule has 0 unspecified atom stereocenters. The van der Waals surface area contributed by atoms with Gasteiger partial charge in [-0.2, -0.15) is 0 Å². The highest BCUT2D eigenvalue weighted by Crippen LogP contribution is 2.32. The van der Waals surface area contributed by atoms with Gasteiger partial charge in [0.25, 0.3) is 5.91 Å². The Kier molecular flexibility index (Phi) is 6.04. The number of nitrogens with one attached hydrogen (secondary N) is 2. The number of benzene rings is 2. The highest BCUT2D eigenvalue weighted by Gasteiger charge is 2.49. The molecule has 6 heteroatoms. The molecule has 32 heavy (non-hydrogen) atoms. The molecule has 0 bridgehead atoms. The zero-order chi connectivity index (χ0) is 22.9. The first kappa shape index (κ1) is 22.1. The fourth-order valence-electron chi connectivity index (χ4n) is 4.74. The third kappa shape index (κ3) is 4.27. The van der Waals surface area contributed by atoms with Crippen LogP contribution >= 0.6 is 0 Å². The van der Waals surface area contributed by atoms with Crippen LogP contribution in [0, 0.1) is 5.92 Å². The van der Waals surface area contributed by atoms with E-state index in [1.165, 1.54) is 11.1 Å². The van der Waals surface area contributed by atoms with E-state index in [1.54, 1.807) is 6.92 Å². The fraction of sp³-hybridized carbons (Fsp3) is 0.423. The summed E-state index contributed by atoms with van der Waals surface area (Å²) in [7, 11) is 0. The third-order valence-electron chi connectivity index (χ3n) is 6.50. The Bertz CT molecular complexity index is 1030. The minimum absolute atomic E-state index is 0.174. The second-order valence-electron chi connectivity index (χ2n) is 9.44. The lowest BCUT2D eigenvalue weighted by atomic mass is 9.89. The number of aryl methyl sites for hydroxylation is 2. The van der Waals surface area contributed by atoms with Gasteiger partial charge in [-0.15, -0.1) is 0 Å². The summed E-state index contributed by atoms with van der Waals surface area (Å²) in [5, 5.41) is 5.84. The topological polar surface area (TPSA) is 78.5 Å². The van der Waals surface area contributed by atoms with Gasteiger partial charge in [-0.25, -0.2) is 4.79 Å². The molecule has 2 N–H and O–H groups in total. The Morgan fingerprint density at radius 1 is 1.09 bits per heavy atom. The van der Waals surface area contributed by atoms with Crippen molar-refractivity contribution in [3.05, 3.63) is 70.8 Å². The van der Waals surface area contributed by atoms with Crippen molar-refractivity contribution >= 4 is 17.8 Å². The van der Waals surface area contributed by atoms with E-state index in [0.29, 0.717) is 5.92 Å². The van der Waals surface area contributed by atoms with E-state index in [9.17, 15) is 14.4 Å². The first-order chi connectivity index (χ1) is 15.3.